The Balaban J connectivity index is 1.47. The van der Waals surface area contributed by atoms with Crippen LogP contribution in [0.25, 0.3) is 0 Å². The molecule has 3 rings (SSSR count). The first-order valence-electron chi connectivity index (χ1n) is 10.4. The lowest BCUT2D eigenvalue weighted by molar-refractivity contribution is -0.118. The first-order chi connectivity index (χ1) is 14.8. The van der Waals surface area contributed by atoms with Crippen LogP contribution in [0.15, 0.2) is 30.9 Å². The third-order valence-electron chi connectivity index (χ3n) is 5.19. The van der Waals surface area contributed by atoms with Crippen molar-refractivity contribution >= 4 is 22.0 Å². The van der Waals surface area contributed by atoms with E-state index in [4.69, 9.17) is 4.74 Å². The van der Waals surface area contributed by atoms with Gasteiger partial charge in [0.25, 0.3) is 0 Å². The van der Waals surface area contributed by atoms with Crippen molar-refractivity contribution in [2.45, 2.75) is 38.1 Å². The molecule has 1 aromatic carbocycles. The summed E-state index contributed by atoms with van der Waals surface area (Å²) in [6, 6.07) is 2.99. The first kappa shape index (κ1) is 23.2. The molecule has 2 fully saturated rings. The zero-order valence-electron chi connectivity index (χ0n) is 17.3. The lowest BCUT2D eigenvalue weighted by atomic mass is 10.1. The Bertz CT molecular complexity index is 933. The molecular weight excluding hydrogens is 425 g/mol. The van der Waals surface area contributed by atoms with Crippen LogP contribution in [0.2, 0.25) is 0 Å². The van der Waals surface area contributed by atoms with Crippen molar-refractivity contribution in [3.63, 3.8) is 0 Å². The standard InChI is InChI=1S/C21H28FN3O5S/c1-2-19(16-10-17(22)12-18(11-16)30-14-15-6-7-15)24-31(28,29)9-5-3-4-8-25-13-20(26)23-21(25)27/h2,10-12,15,19,24H,1,3-9,13-14H2,(H,23,26,27)/t19-/m1/s1. The van der Waals surface area contributed by atoms with Crippen LogP contribution in [0.5, 0.6) is 5.75 Å². The molecular formula is C21H28FN3O5S. The number of carbonyl (C=O) groups is 2. The van der Waals surface area contributed by atoms with Gasteiger partial charge in [0.2, 0.25) is 15.9 Å². The molecule has 8 nitrogen and oxygen atoms in total. The second kappa shape index (κ2) is 10.2. The van der Waals surface area contributed by atoms with Crippen molar-refractivity contribution in [1.29, 1.82) is 0 Å². The molecule has 0 radical (unpaired) electrons. The van der Waals surface area contributed by atoms with Crippen LogP contribution >= 0.6 is 0 Å². The molecule has 2 N–H and O–H groups in total. The van der Waals surface area contributed by atoms with Crippen LogP contribution in [-0.2, 0) is 14.8 Å². The van der Waals surface area contributed by atoms with Crippen LogP contribution in [0, 0.1) is 11.7 Å². The fraction of sp³-hybridized carbons (Fsp3) is 0.524. The fourth-order valence-corrected chi connectivity index (χ4v) is 4.61. The number of unbranched alkanes of at least 4 members (excludes halogenated alkanes) is 2. The van der Waals surface area contributed by atoms with E-state index in [1.165, 1.54) is 23.1 Å². The molecule has 1 aliphatic carbocycles. The minimum Gasteiger partial charge on any atom is -0.493 e. The fourth-order valence-electron chi connectivity index (χ4n) is 3.29. The molecule has 1 heterocycles. The summed E-state index contributed by atoms with van der Waals surface area (Å²) >= 11 is 0. The zero-order chi connectivity index (χ0) is 22.4. The third-order valence-corrected chi connectivity index (χ3v) is 6.63. The van der Waals surface area contributed by atoms with Gasteiger partial charge < -0.3 is 9.64 Å². The van der Waals surface area contributed by atoms with E-state index in [0.717, 1.165) is 12.8 Å². The number of urea groups is 1. The predicted molar refractivity (Wildman–Crippen MR) is 113 cm³/mol. The normalized spacial score (nSPS) is 17.5. The van der Waals surface area contributed by atoms with E-state index in [2.05, 4.69) is 16.6 Å². The van der Waals surface area contributed by atoms with Gasteiger partial charge in [-0.15, -0.1) is 6.58 Å². The van der Waals surface area contributed by atoms with Crippen molar-refractivity contribution in [3.8, 4) is 5.75 Å². The summed E-state index contributed by atoms with van der Waals surface area (Å²) < 4.78 is 47.1. The maximum atomic E-state index is 14.0. The summed E-state index contributed by atoms with van der Waals surface area (Å²) in [5, 5.41) is 2.20. The van der Waals surface area contributed by atoms with Crippen molar-refractivity contribution in [2.75, 3.05) is 25.4 Å². The Morgan fingerprint density at radius 2 is 2.03 bits per heavy atom. The molecule has 170 valence electrons. The topological polar surface area (TPSA) is 105 Å². The van der Waals surface area contributed by atoms with Crippen LogP contribution in [0.4, 0.5) is 9.18 Å². The highest BCUT2D eigenvalue weighted by Gasteiger charge is 2.26. The number of sulfonamides is 1. The molecule has 0 spiro atoms. The lowest BCUT2D eigenvalue weighted by Gasteiger charge is -2.17. The van der Waals surface area contributed by atoms with Gasteiger partial charge in [-0.1, -0.05) is 12.5 Å². The summed E-state index contributed by atoms with van der Waals surface area (Å²) in [6.07, 6.45) is 5.20. The minimum atomic E-state index is -3.63. The number of imide groups is 1. The number of hydrogen-bond donors (Lipinski definition) is 2. The molecule has 31 heavy (non-hydrogen) atoms. The van der Waals surface area contributed by atoms with Crippen molar-refractivity contribution < 1.29 is 27.1 Å². The highest BCUT2D eigenvalue weighted by molar-refractivity contribution is 7.89. The average Bonchev–Trinajstić information content (AvgIpc) is 3.47. The largest absolute Gasteiger partial charge is 0.493 e. The number of hydrogen-bond acceptors (Lipinski definition) is 5. The zero-order valence-corrected chi connectivity index (χ0v) is 18.1. The van der Waals surface area contributed by atoms with Gasteiger partial charge in [0.05, 0.1) is 18.4 Å². The number of nitrogens with one attached hydrogen (secondary N) is 2. The van der Waals surface area contributed by atoms with Gasteiger partial charge in [0.15, 0.2) is 0 Å². The van der Waals surface area contributed by atoms with Gasteiger partial charge in [0.1, 0.15) is 18.1 Å². The first-order valence-corrected chi connectivity index (χ1v) is 12.1. The predicted octanol–water partition coefficient (Wildman–Crippen LogP) is 2.48. The molecule has 3 amide bonds. The number of benzene rings is 1. The quantitative estimate of drug-likeness (QED) is 0.271. The monoisotopic (exact) mass is 453 g/mol. The molecule has 1 aromatic rings. The lowest BCUT2D eigenvalue weighted by Crippen LogP contribution is -2.30. The summed E-state index contributed by atoms with van der Waals surface area (Å²) in [4.78, 5) is 24.0. The molecule has 2 aliphatic rings. The molecule has 1 atom stereocenters. The second-order valence-corrected chi connectivity index (χ2v) is 9.83. The van der Waals surface area contributed by atoms with Crippen LogP contribution in [-0.4, -0.2) is 50.7 Å². The summed E-state index contributed by atoms with van der Waals surface area (Å²) in [6.45, 7) is 4.64. The number of amides is 3. The van der Waals surface area contributed by atoms with E-state index < -0.39 is 27.9 Å². The van der Waals surface area contributed by atoms with Crippen molar-refractivity contribution in [3.05, 3.63) is 42.2 Å². The molecule has 0 unspecified atom stereocenters. The van der Waals surface area contributed by atoms with E-state index in [0.29, 0.717) is 49.6 Å². The highest BCUT2D eigenvalue weighted by Crippen LogP contribution is 2.30. The second-order valence-electron chi connectivity index (χ2n) is 7.96. The third kappa shape index (κ3) is 7.32. The Morgan fingerprint density at radius 1 is 1.26 bits per heavy atom. The van der Waals surface area contributed by atoms with Crippen molar-refractivity contribution in [2.24, 2.45) is 5.92 Å². The van der Waals surface area contributed by atoms with Crippen LogP contribution in [0.1, 0.15) is 43.7 Å². The smallest absolute Gasteiger partial charge is 0.324 e. The Morgan fingerprint density at radius 3 is 2.68 bits per heavy atom. The Kier molecular flexibility index (Phi) is 7.66. The summed E-state index contributed by atoms with van der Waals surface area (Å²) in [7, 11) is -3.63. The number of carbonyl (C=O) groups excluding carboxylic acids is 2. The van der Waals surface area contributed by atoms with Gasteiger partial charge in [-0.05, 0) is 49.3 Å². The molecule has 0 bridgehead atoms. The van der Waals surface area contributed by atoms with E-state index >= 15 is 0 Å². The van der Waals surface area contributed by atoms with Gasteiger partial charge in [0, 0.05) is 12.6 Å². The average molecular weight is 454 g/mol. The van der Waals surface area contributed by atoms with Crippen LogP contribution < -0.4 is 14.8 Å². The summed E-state index contributed by atoms with van der Waals surface area (Å²) in [5.41, 5.74) is 0.425. The number of ether oxygens (including phenoxy) is 1. The SMILES string of the molecule is C=C[C@@H](NS(=O)(=O)CCCCCN1CC(=O)NC1=O)c1cc(F)cc(OCC2CC2)c1. The number of nitrogens with zero attached hydrogens (tertiary/aromatic N) is 1. The number of halogens is 1. The maximum absolute atomic E-state index is 14.0. The molecule has 1 saturated heterocycles. The summed E-state index contributed by atoms with van der Waals surface area (Å²) in [5.74, 6) is -0.0503. The maximum Gasteiger partial charge on any atom is 0.324 e. The van der Waals surface area contributed by atoms with Gasteiger partial charge in [-0.2, -0.15) is 0 Å². The van der Waals surface area contributed by atoms with E-state index in [9.17, 15) is 22.4 Å². The molecule has 1 aliphatic heterocycles. The van der Waals surface area contributed by atoms with Gasteiger partial charge >= 0.3 is 6.03 Å². The van der Waals surface area contributed by atoms with E-state index in [-0.39, 0.29) is 18.2 Å². The Labute approximate surface area is 181 Å². The number of rotatable bonds is 13. The van der Waals surface area contributed by atoms with Gasteiger partial charge in [-0.3, -0.25) is 10.1 Å². The van der Waals surface area contributed by atoms with E-state index in [1.807, 2.05) is 0 Å². The molecule has 10 heteroatoms. The van der Waals surface area contributed by atoms with Crippen LogP contribution in [0.3, 0.4) is 0 Å². The molecule has 0 aromatic heterocycles. The van der Waals surface area contributed by atoms with Crippen molar-refractivity contribution in [1.82, 2.24) is 14.9 Å². The van der Waals surface area contributed by atoms with Gasteiger partial charge in [-0.25, -0.2) is 22.3 Å². The Hall–Kier alpha value is -2.46. The minimum absolute atomic E-state index is 0.0414. The molecule has 1 saturated carbocycles. The highest BCUT2D eigenvalue weighted by atomic mass is 32.2. The van der Waals surface area contributed by atoms with E-state index in [1.54, 1.807) is 6.07 Å².